The molecule has 1 aliphatic heterocycles. The van der Waals surface area contributed by atoms with Crippen LogP contribution in [0, 0.1) is 0 Å². The molecule has 0 bridgehead atoms. The number of fused-ring (bicyclic) bond motifs is 1. The lowest BCUT2D eigenvalue weighted by molar-refractivity contribution is -0.127. The molecule has 1 aliphatic rings. The van der Waals surface area contributed by atoms with Crippen molar-refractivity contribution in [1.82, 2.24) is 30.0 Å². The molecule has 29 heavy (non-hydrogen) atoms. The fourth-order valence-corrected chi connectivity index (χ4v) is 3.88. The number of nitrogens with zero attached hydrogens (tertiary/aromatic N) is 5. The minimum absolute atomic E-state index is 0.114. The number of likely N-dealkylation sites (tertiary alicyclic amines) is 1. The molecule has 0 spiro atoms. The van der Waals surface area contributed by atoms with Crippen molar-refractivity contribution in [3.63, 3.8) is 0 Å². The summed E-state index contributed by atoms with van der Waals surface area (Å²) >= 11 is 0. The maximum absolute atomic E-state index is 11.7. The quantitative estimate of drug-likeness (QED) is 0.617. The molecule has 0 radical (unpaired) electrons. The second-order valence-corrected chi connectivity index (χ2v) is 7.28. The van der Waals surface area contributed by atoms with Crippen molar-refractivity contribution in [1.29, 1.82) is 0 Å². The van der Waals surface area contributed by atoms with Crippen molar-refractivity contribution < 1.29 is 9.53 Å². The Labute approximate surface area is 169 Å². The molecular weight excluding hydrogens is 368 g/mol. The molecule has 1 aromatic carbocycles. The van der Waals surface area contributed by atoms with E-state index in [1.54, 1.807) is 26.4 Å². The van der Waals surface area contributed by atoms with Crippen LogP contribution in [0.3, 0.4) is 0 Å². The van der Waals surface area contributed by atoms with E-state index in [0.29, 0.717) is 13.1 Å². The summed E-state index contributed by atoms with van der Waals surface area (Å²) in [6.45, 7) is 5.24. The standard InChI is InChI=1S/C21H26N6O2/c1-15(28)26-11-7-17(14-26)19-20-21(24-9-8-23-20)27(25-19)12-10-22-13-16-5-3-4-6-18(16)29-2/h3-6,8-9,17,22H,7,10-14H2,1-2H3. The maximum Gasteiger partial charge on any atom is 0.219 e. The minimum Gasteiger partial charge on any atom is -0.496 e. The summed E-state index contributed by atoms with van der Waals surface area (Å²) in [5.41, 5.74) is 3.70. The highest BCUT2D eigenvalue weighted by atomic mass is 16.5. The van der Waals surface area contributed by atoms with Crippen molar-refractivity contribution >= 4 is 17.1 Å². The van der Waals surface area contributed by atoms with Gasteiger partial charge in [-0.2, -0.15) is 5.10 Å². The lowest BCUT2D eigenvalue weighted by Gasteiger charge is -2.12. The normalized spacial score (nSPS) is 16.5. The molecule has 1 amide bonds. The summed E-state index contributed by atoms with van der Waals surface area (Å²) in [7, 11) is 1.69. The number of hydrogen-bond donors (Lipinski definition) is 1. The molecule has 1 saturated heterocycles. The Morgan fingerprint density at radius 2 is 2.10 bits per heavy atom. The van der Waals surface area contributed by atoms with Gasteiger partial charge >= 0.3 is 0 Å². The van der Waals surface area contributed by atoms with Crippen LogP contribution in [0.2, 0.25) is 0 Å². The number of para-hydroxylation sites is 1. The Morgan fingerprint density at radius 1 is 1.28 bits per heavy atom. The molecule has 8 heteroatoms. The highest BCUT2D eigenvalue weighted by Crippen LogP contribution is 2.30. The number of benzene rings is 1. The molecule has 0 saturated carbocycles. The molecule has 3 heterocycles. The van der Waals surface area contributed by atoms with Crippen LogP contribution in [0.4, 0.5) is 0 Å². The number of amides is 1. The van der Waals surface area contributed by atoms with Crippen molar-refractivity contribution in [3.05, 3.63) is 47.9 Å². The fraction of sp³-hybridized carbons (Fsp3) is 0.429. The van der Waals surface area contributed by atoms with Gasteiger partial charge in [0, 0.05) is 57.0 Å². The van der Waals surface area contributed by atoms with E-state index in [1.165, 1.54) is 0 Å². The van der Waals surface area contributed by atoms with E-state index in [4.69, 9.17) is 9.84 Å². The van der Waals surface area contributed by atoms with Gasteiger partial charge in [-0.05, 0) is 12.5 Å². The molecule has 1 fully saturated rings. The average molecular weight is 394 g/mol. The molecule has 2 aromatic heterocycles. The van der Waals surface area contributed by atoms with Gasteiger partial charge < -0.3 is 15.0 Å². The predicted molar refractivity (Wildman–Crippen MR) is 110 cm³/mol. The summed E-state index contributed by atoms with van der Waals surface area (Å²) in [6, 6.07) is 7.99. The third-order valence-corrected chi connectivity index (χ3v) is 5.42. The lowest BCUT2D eigenvalue weighted by atomic mass is 10.0. The zero-order chi connectivity index (χ0) is 20.2. The van der Waals surface area contributed by atoms with E-state index >= 15 is 0 Å². The topological polar surface area (TPSA) is 85.2 Å². The number of carbonyl (C=O) groups is 1. The smallest absolute Gasteiger partial charge is 0.219 e. The number of rotatable bonds is 7. The fourth-order valence-electron chi connectivity index (χ4n) is 3.88. The van der Waals surface area contributed by atoms with Crippen molar-refractivity contribution in [2.75, 3.05) is 26.7 Å². The van der Waals surface area contributed by atoms with Crippen LogP contribution in [-0.2, 0) is 17.9 Å². The van der Waals surface area contributed by atoms with Gasteiger partial charge in [0.1, 0.15) is 11.3 Å². The van der Waals surface area contributed by atoms with E-state index in [9.17, 15) is 4.79 Å². The summed E-state index contributed by atoms with van der Waals surface area (Å²) < 4.78 is 7.32. The van der Waals surface area contributed by atoms with Crippen molar-refractivity contribution in [2.45, 2.75) is 32.4 Å². The van der Waals surface area contributed by atoms with Crippen molar-refractivity contribution in [2.24, 2.45) is 0 Å². The van der Waals surface area contributed by atoms with Gasteiger partial charge in [-0.1, -0.05) is 18.2 Å². The van der Waals surface area contributed by atoms with Crippen LogP contribution in [0.15, 0.2) is 36.7 Å². The van der Waals surface area contributed by atoms with Crippen LogP contribution in [0.5, 0.6) is 5.75 Å². The number of aromatic nitrogens is 4. The van der Waals surface area contributed by atoms with Crippen LogP contribution in [-0.4, -0.2) is 57.3 Å². The average Bonchev–Trinajstić information content (AvgIpc) is 3.37. The van der Waals surface area contributed by atoms with E-state index in [-0.39, 0.29) is 11.8 Å². The SMILES string of the molecule is COc1ccccc1CNCCn1nc(C2CCN(C(C)=O)C2)c2nccnc21. The molecular formula is C21H26N6O2. The Hall–Kier alpha value is -3.00. The number of nitrogens with one attached hydrogen (secondary N) is 1. The number of methoxy groups -OCH3 is 1. The first kappa shape index (κ1) is 19.3. The third kappa shape index (κ3) is 4.07. The Balaban J connectivity index is 1.45. The first-order chi connectivity index (χ1) is 14.2. The van der Waals surface area contributed by atoms with E-state index < -0.39 is 0 Å². The van der Waals surface area contributed by atoms with Gasteiger partial charge in [0.25, 0.3) is 0 Å². The Bertz CT molecular complexity index is 1000. The monoisotopic (exact) mass is 394 g/mol. The summed E-state index contributed by atoms with van der Waals surface area (Å²) in [4.78, 5) is 22.6. The molecule has 4 rings (SSSR count). The van der Waals surface area contributed by atoms with Gasteiger partial charge in [0.05, 0.1) is 19.3 Å². The minimum atomic E-state index is 0.114. The van der Waals surface area contributed by atoms with Crippen molar-refractivity contribution in [3.8, 4) is 5.75 Å². The molecule has 0 aliphatic carbocycles. The lowest BCUT2D eigenvalue weighted by Crippen LogP contribution is -2.25. The second-order valence-electron chi connectivity index (χ2n) is 7.28. The molecule has 1 atom stereocenters. The highest BCUT2D eigenvalue weighted by Gasteiger charge is 2.30. The summed E-state index contributed by atoms with van der Waals surface area (Å²) in [5, 5.41) is 8.28. The maximum atomic E-state index is 11.7. The second kappa shape index (κ2) is 8.57. The third-order valence-electron chi connectivity index (χ3n) is 5.42. The Kier molecular flexibility index (Phi) is 5.71. The van der Waals surface area contributed by atoms with Crippen LogP contribution in [0.25, 0.3) is 11.2 Å². The predicted octanol–water partition coefficient (Wildman–Crippen LogP) is 1.96. The highest BCUT2D eigenvalue weighted by molar-refractivity contribution is 5.76. The molecule has 1 unspecified atom stereocenters. The zero-order valence-electron chi connectivity index (χ0n) is 16.8. The first-order valence-electron chi connectivity index (χ1n) is 9.93. The summed E-state index contributed by atoms with van der Waals surface area (Å²) in [5.74, 6) is 1.21. The van der Waals surface area contributed by atoms with Crippen LogP contribution < -0.4 is 10.1 Å². The molecule has 3 aromatic rings. The van der Waals surface area contributed by atoms with Crippen LogP contribution >= 0.6 is 0 Å². The number of carbonyl (C=O) groups excluding carboxylic acids is 1. The summed E-state index contributed by atoms with van der Waals surface area (Å²) in [6.07, 6.45) is 4.31. The molecule has 152 valence electrons. The van der Waals surface area contributed by atoms with E-state index in [0.717, 1.165) is 54.2 Å². The van der Waals surface area contributed by atoms with E-state index in [1.807, 2.05) is 27.8 Å². The van der Waals surface area contributed by atoms with E-state index in [2.05, 4.69) is 21.4 Å². The number of hydrogen-bond acceptors (Lipinski definition) is 6. The zero-order valence-corrected chi connectivity index (χ0v) is 16.8. The van der Waals surface area contributed by atoms with Gasteiger partial charge in [0.15, 0.2) is 5.65 Å². The van der Waals surface area contributed by atoms with Gasteiger partial charge in [-0.25, -0.2) is 14.6 Å². The largest absolute Gasteiger partial charge is 0.496 e. The van der Waals surface area contributed by atoms with Crippen LogP contribution in [0.1, 0.15) is 30.5 Å². The Morgan fingerprint density at radius 3 is 2.90 bits per heavy atom. The van der Waals surface area contributed by atoms with Gasteiger partial charge in [0.2, 0.25) is 5.91 Å². The first-order valence-corrected chi connectivity index (χ1v) is 9.93. The molecule has 1 N–H and O–H groups in total. The number of ether oxygens (including phenoxy) is 1. The molecule has 8 nitrogen and oxygen atoms in total. The van der Waals surface area contributed by atoms with Gasteiger partial charge in [-0.15, -0.1) is 0 Å². The van der Waals surface area contributed by atoms with Gasteiger partial charge in [-0.3, -0.25) is 4.79 Å².